The molecule has 0 radical (unpaired) electrons. The topological polar surface area (TPSA) is 80.6 Å². The highest BCUT2D eigenvalue weighted by Gasteiger charge is 2.43. The Kier molecular flexibility index (Phi) is 5.45. The first-order valence-corrected chi connectivity index (χ1v) is 10.2. The van der Waals surface area contributed by atoms with Crippen LogP contribution in [0.4, 0.5) is 0 Å². The summed E-state index contributed by atoms with van der Waals surface area (Å²) in [6, 6.07) is 10.2. The molecular weight excluding hydrogens is 451 g/mol. The number of carbonyl (C=O) groups excluding carboxylic acids is 1. The second-order valence-corrected chi connectivity index (χ2v) is 8.49. The quantitative estimate of drug-likeness (QED) is 0.582. The lowest BCUT2D eigenvalue weighted by Crippen LogP contribution is -2.59. The van der Waals surface area contributed by atoms with E-state index in [2.05, 4.69) is 5.32 Å². The number of rotatable bonds is 5. The van der Waals surface area contributed by atoms with Gasteiger partial charge >= 0.3 is 5.97 Å². The first kappa shape index (κ1) is 21.0. The van der Waals surface area contributed by atoms with Crippen LogP contribution in [0, 0.1) is 0 Å². The standard InChI is InChI=1S/C21H17Cl3N2O4/c1-26-16-5-4-14(22)19(24)12(16)8-17(26)20(29)25-21(9-30-10-21)13-3-2-11(6-15(13)23)7-18(27)28/h2-6,8H,7,9-10H2,1H3,(H,25,29)(H,27,28). The molecule has 30 heavy (non-hydrogen) atoms. The highest BCUT2D eigenvalue weighted by Crippen LogP contribution is 2.36. The molecule has 0 bridgehead atoms. The fraction of sp³-hybridized carbons (Fsp3) is 0.238. The molecule has 4 rings (SSSR count). The minimum Gasteiger partial charge on any atom is -0.481 e. The predicted molar refractivity (Wildman–Crippen MR) is 116 cm³/mol. The summed E-state index contributed by atoms with van der Waals surface area (Å²) >= 11 is 18.8. The van der Waals surface area contributed by atoms with Crippen molar-refractivity contribution in [2.45, 2.75) is 12.0 Å². The smallest absolute Gasteiger partial charge is 0.307 e. The predicted octanol–water partition coefficient (Wildman–Crippen LogP) is 4.42. The number of ether oxygens (including phenoxy) is 1. The molecule has 1 saturated heterocycles. The van der Waals surface area contributed by atoms with Crippen molar-refractivity contribution in [3.8, 4) is 0 Å². The summed E-state index contributed by atoms with van der Waals surface area (Å²) in [5, 5.41) is 13.9. The summed E-state index contributed by atoms with van der Waals surface area (Å²) in [5.74, 6) is -1.25. The third-order valence-electron chi connectivity index (χ3n) is 5.30. The SMILES string of the molecule is Cn1c(C(=O)NC2(c3ccc(CC(=O)O)cc3Cl)COC2)cc2c(Cl)c(Cl)ccc21. The molecule has 0 atom stereocenters. The van der Waals surface area contributed by atoms with E-state index in [0.29, 0.717) is 37.3 Å². The number of carboxylic acid groups (broad SMARTS) is 1. The van der Waals surface area contributed by atoms with Crippen LogP contribution in [0.1, 0.15) is 21.6 Å². The largest absolute Gasteiger partial charge is 0.481 e. The maximum absolute atomic E-state index is 13.2. The van der Waals surface area contributed by atoms with E-state index < -0.39 is 11.5 Å². The molecule has 156 valence electrons. The van der Waals surface area contributed by atoms with E-state index in [1.807, 2.05) is 0 Å². The van der Waals surface area contributed by atoms with Gasteiger partial charge in [-0.3, -0.25) is 9.59 Å². The lowest BCUT2D eigenvalue weighted by molar-refractivity contribution is -0.136. The number of amides is 1. The van der Waals surface area contributed by atoms with Crippen LogP contribution in [0.2, 0.25) is 15.1 Å². The van der Waals surface area contributed by atoms with Gasteiger partial charge in [0.05, 0.1) is 29.7 Å². The van der Waals surface area contributed by atoms with Crippen molar-refractivity contribution in [3.63, 3.8) is 0 Å². The van der Waals surface area contributed by atoms with Gasteiger partial charge in [-0.1, -0.05) is 46.9 Å². The van der Waals surface area contributed by atoms with Gasteiger partial charge in [-0.2, -0.15) is 0 Å². The molecule has 1 aliphatic rings. The van der Waals surface area contributed by atoms with Crippen LogP contribution < -0.4 is 5.32 Å². The van der Waals surface area contributed by atoms with Crippen molar-refractivity contribution in [2.75, 3.05) is 13.2 Å². The van der Waals surface area contributed by atoms with E-state index in [-0.39, 0.29) is 25.5 Å². The molecule has 1 aliphatic heterocycles. The molecule has 0 spiro atoms. The third-order valence-corrected chi connectivity index (χ3v) is 6.43. The summed E-state index contributed by atoms with van der Waals surface area (Å²) in [5.41, 5.74) is 1.66. The van der Waals surface area contributed by atoms with Gasteiger partial charge in [0, 0.05) is 28.5 Å². The number of halogens is 3. The fourth-order valence-electron chi connectivity index (χ4n) is 3.68. The van der Waals surface area contributed by atoms with Gasteiger partial charge in [-0.15, -0.1) is 0 Å². The van der Waals surface area contributed by atoms with E-state index in [0.717, 1.165) is 5.52 Å². The van der Waals surface area contributed by atoms with Gasteiger partial charge in [-0.05, 0) is 29.8 Å². The van der Waals surface area contributed by atoms with Crippen LogP contribution in [0.3, 0.4) is 0 Å². The van der Waals surface area contributed by atoms with Gasteiger partial charge in [-0.25, -0.2) is 0 Å². The maximum atomic E-state index is 13.2. The second-order valence-electron chi connectivity index (χ2n) is 7.30. The van der Waals surface area contributed by atoms with E-state index in [4.69, 9.17) is 44.6 Å². The third kappa shape index (κ3) is 3.54. The molecule has 0 aliphatic carbocycles. The second kappa shape index (κ2) is 7.78. The highest BCUT2D eigenvalue weighted by atomic mass is 35.5. The number of nitrogens with zero attached hydrogens (tertiary/aromatic N) is 1. The number of carbonyl (C=O) groups is 2. The molecular formula is C21H17Cl3N2O4. The van der Waals surface area contributed by atoms with E-state index in [1.165, 1.54) is 0 Å². The molecule has 2 aromatic carbocycles. The Labute approximate surface area is 187 Å². The Bertz CT molecular complexity index is 1180. The Balaban J connectivity index is 1.67. The van der Waals surface area contributed by atoms with E-state index in [1.54, 1.807) is 48.0 Å². The summed E-state index contributed by atoms with van der Waals surface area (Å²) in [6.07, 6.45) is -0.130. The number of aryl methyl sites for hydroxylation is 1. The van der Waals surface area contributed by atoms with Gasteiger partial charge < -0.3 is 19.7 Å². The monoisotopic (exact) mass is 466 g/mol. The summed E-state index contributed by atoms with van der Waals surface area (Å²) < 4.78 is 7.14. The number of aliphatic carboxylic acids is 1. The minimum atomic E-state index is -0.941. The molecule has 3 aromatic rings. The first-order valence-electron chi connectivity index (χ1n) is 9.06. The zero-order chi connectivity index (χ0) is 21.6. The molecule has 1 amide bonds. The first-order chi connectivity index (χ1) is 14.2. The van der Waals surface area contributed by atoms with Crippen LogP contribution in [0.25, 0.3) is 10.9 Å². The lowest BCUT2D eigenvalue weighted by atomic mass is 9.86. The summed E-state index contributed by atoms with van der Waals surface area (Å²) in [7, 11) is 1.78. The average Bonchev–Trinajstić information content (AvgIpc) is 2.99. The van der Waals surface area contributed by atoms with Crippen molar-refractivity contribution >= 4 is 57.6 Å². The number of hydrogen-bond donors (Lipinski definition) is 2. The van der Waals surface area contributed by atoms with Crippen LogP contribution in [-0.2, 0) is 28.5 Å². The number of fused-ring (bicyclic) bond motifs is 1. The number of hydrogen-bond acceptors (Lipinski definition) is 3. The number of nitrogens with one attached hydrogen (secondary N) is 1. The molecule has 0 unspecified atom stereocenters. The number of aromatic nitrogens is 1. The van der Waals surface area contributed by atoms with Crippen molar-refractivity contribution in [1.29, 1.82) is 0 Å². The molecule has 9 heteroatoms. The molecule has 6 nitrogen and oxygen atoms in total. The average molecular weight is 468 g/mol. The zero-order valence-corrected chi connectivity index (χ0v) is 18.1. The minimum absolute atomic E-state index is 0.130. The number of benzene rings is 2. The van der Waals surface area contributed by atoms with Gasteiger partial charge in [0.25, 0.3) is 5.91 Å². The van der Waals surface area contributed by atoms with E-state index in [9.17, 15) is 9.59 Å². The molecule has 2 N–H and O–H groups in total. The Morgan fingerprint density at radius 1 is 1.13 bits per heavy atom. The van der Waals surface area contributed by atoms with Crippen molar-refractivity contribution in [2.24, 2.45) is 7.05 Å². The summed E-state index contributed by atoms with van der Waals surface area (Å²) in [4.78, 5) is 24.1. The normalized spacial score (nSPS) is 15.1. The highest BCUT2D eigenvalue weighted by molar-refractivity contribution is 6.45. The molecule has 0 saturated carbocycles. The molecule has 1 aromatic heterocycles. The van der Waals surface area contributed by atoms with Gasteiger partial charge in [0.15, 0.2) is 0 Å². The number of carboxylic acids is 1. The van der Waals surface area contributed by atoms with Crippen molar-refractivity contribution in [1.82, 2.24) is 9.88 Å². The van der Waals surface area contributed by atoms with Crippen molar-refractivity contribution < 1.29 is 19.4 Å². The Morgan fingerprint density at radius 3 is 2.47 bits per heavy atom. The summed E-state index contributed by atoms with van der Waals surface area (Å²) in [6.45, 7) is 0.514. The van der Waals surface area contributed by atoms with Gasteiger partial charge in [0.2, 0.25) is 0 Å². The van der Waals surface area contributed by atoms with Crippen LogP contribution in [0.5, 0.6) is 0 Å². The lowest BCUT2D eigenvalue weighted by Gasteiger charge is -2.43. The maximum Gasteiger partial charge on any atom is 0.307 e. The van der Waals surface area contributed by atoms with Crippen LogP contribution >= 0.6 is 34.8 Å². The Hall–Kier alpha value is -2.25. The fourth-order valence-corrected chi connectivity index (χ4v) is 4.44. The van der Waals surface area contributed by atoms with Crippen LogP contribution in [0.15, 0.2) is 36.4 Å². The van der Waals surface area contributed by atoms with Crippen LogP contribution in [-0.4, -0.2) is 34.8 Å². The molecule has 1 fully saturated rings. The Morgan fingerprint density at radius 2 is 1.87 bits per heavy atom. The molecule has 2 heterocycles. The van der Waals surface area contributed by atoms with E-state index >= 15 is 0 Å². The van der Waals surface area contributed by atoms with Crippen molar-refractivity contribution in [3.05, 3.63) is 68.3 Å². The zero-order valence-electron chi connectivity index (χ0n) is 15.8. The van der Waals surface area contributed by atoms with Gasteiger partial charge in [0.1, 0.15) is 11.2 Å².